The Morgan fingerprint density at radius 2 is 1.57 bits per heavy atom. The smallest absolute Gasteiger partial charge is 0.409 e. The number of aldehydes is 1. The molecule has 1 amide bonds. The molecule has 0 fully saturated rings. The Labute approximate surface area is 167 Å². The molecule has 2 aromatic carbocycles. The molecule has 0 aliphatic carbocycles. The summed E-state index contributed by atoms with van der Waals surface area (Å²) in [5.41, 5.74) is -0.0122. The van der Waals surface area contributed by atoms with Gasteiger partial charge in [-0.25, -0.2) is 4.79 Å². The van der Waals surface area contributed by atoms with E-state index in [1.54, 1.807) is 6.92 Å². The second kappa shape index (κ2) is 11.2. The molecule has 0 radical (unpaired) electrons. The lowest BCUT2D eigenvalue weighted by Crippen LogP contribution is -2.39. The summed E-state index contributed by atoms with van der Waals surface area (Å²) in [4.78, 5) is 24.3. The van der Waals surface area contributed by atoms with E-state index in [0.717, 1.165) is 32.0 Å². The van der Waals surface area contributed by atoms with E-state index in [4.69, 9.17) is 9.47 Å². The van der Waals surface area contributed by atoms with Gasteiger partial charge in [-0.05, 0) is 24.5 Å². The Balaban J connectivity index is 2.08. The van der Waals surface area contributed by atoms with Crippen molar-refractivity contribution in [3.63, 3.8) is 0 Å². The molecule has 0 saturated heterocycles. The molecule has 0 saturated carbocycles. The number of alkyl carbamates (subject to hydrolysis) is 1. The Bertz CT molecular complexity index is 678. The summed E-state index contributed by atoms with van der Waals surface area (Å²) in [6.45, 7) is 4.31. The van der Waals surface area contributed by atoms with E-state index in [1.165, 1.54) is 0 Å². The molecule has 0 spiro atoms. The van der Waals surface area contributed by atoms with Crippen LogP contribution in [0.5, 0.6) is 0 Å². The minimum atomic E-state index is -1.36. The quantitative estimate of drug-likeness (QED) is 0.344. The average Bonchev–Trinajstić information content (AvgIpc) is 2.73. The fraction of sp³-hybridized carbons (Fsp3) is 0.391. The van der Waals surface area contributed by atoms with Crippen LogP contribution in [0.2, 0.25) is 0 Å². The van der Waals surface area contributed by atoms with Crippen molar-refractivity contribution in [2.24, 2.45) is 0 Å². The zero-order valence-corrected chi connectivity index (χ0v) is 16.6. The van der Waals surface area contributed by atoms with Crippen molar-refractivity contribution in [1.82, 2.24) is 5.32 Å². The zero-order valence-electron chi connectivity index (χ0n) is 16.6. The number of nitrogens with one attached hydrogen (secondary N) is 1. The van der Waals surface area contributed by atoms with Gasteiger partial charge in [-0.2, -0.15) is 0 Å². The van der Waals surface area contributed by atoms with Gasteiger partial charge in [-0.1, -0.05) is 86.8 Å². The van der Waals surface area contributed by atoms with Gasteiger partial charge in [0.2, 0.25) is 6.29 Å². The van der Waals surface area contributed by atoms with Crippen LogP contribution in [0, 0.1) is 0 Å². The maximum absolute atomic E-state index is 12.2. The predicted molar refractivity (Wildman–Crippen MR) is 109 cm³/mol. The molecule has 28 heavy (non-hydrogen) atoms. The van der Waals surface area contributed by atoms with Crippen LogP contribution in [-0.4, -0.2) is 25.2 Å². The fourth-order valence-corrected chi connectivity index (χ4v) is 3.06. The van der Waals surface area contributed by atoms with E-state index >= 15 is 0 Å². The number of carbonyl (C=O) groups excluding carboxylic acids is 2. The third-order valence-corrected chi connectivity index (χ3v) is 4.50. The predicted octanol–water partition coefficient (Wildman–Crippen LogP) is 4.80. The van der Waals surface area contributed by atoms with E-state index in [9.17, 15) is 9.59 Å². The van der Waals surface area contributed by atoms with Gasteiger partial charge >= 0.3 is 6.09 Å². The van der Waals surface area contributed by atoms with Crippen molar-refractivity contribution in [1.29, 1.82) is 0 Å². The highest BCUT2D eigenvalue weighted by Gasteiger charge is 2.37. The normalized spacial score (nSPS) is 12.2. The molecule has 0 aliphatic heterocycles. The second-order valence-electron chi connectivity index (χ2n) is 6.66. The molecule has 2 rings (SSSR count). The topological polar surface area (TPSA) is 64.6 Å². The minimum absolute atomic E-state index is 0.551. The largest absolute Gasteiger partial charge is 0.420 e. The number of hydrogen-bond donors (Lipinski definition) is 1. The van der Waals surface area contributed by atoms with Crippen LogP contribution in [0.3, 0.4) is 0 Å². The number of rotatable bonds is 11. The van der Waals surface area contributed by atoms with Crippen LogP contribution in [0.4, 0.5) is 4.79 Å². The van der Waals surface area contributed by atoms with Crippen LogP contribution >= 0.6 is 0 Å². The van der Waals surface area contributed by atoms with Gasteiger partial charge in [-0.15, -0.1) is 0 Å². The molecule has 5 heteroatoms. The Hall–Kier alpha value is -2.66. The van der Waals surface area contributed by atoms with E-state index < -0.39 is 18.0 Å². The molecule has 1 unspecified atom stereocenters. The summed E-state index contributed by atoms with van der Waals surface area (Å²) < 4.78 is 11.3. The lowest BCUT2D eigenvalue weighted by molar-refractivity contribution is -0.169. The number of ether oxygens (including phenoxy) is 2. The highest BCUT2D eigenvalue weighted by Crippen LogP contribution is 2.33. The summed E-state index contributed by atoms with van der Waals surface area (Å²) in [5, 5.41) is 2.73. The van der Waals surface area contributed by atoms with Crippen LogP contribution in [0.1, 0.15) is 50.7 Å². The molecule has 0 bridgehead atoms. The molecule has 0 aromatic heterocycles. The number of carbonyl (C=O) groups is 2. The lowest BCUT2D eigenvalue weighted by Gasteiger charge is -2.32. The molecule has 2 aromatic rings. The van der Waals surface area contributed by atoms with Crippen molar-refractivity contribution in [3.05, 3.63) is 71.8 Å². The highest BCUT2D eigenvalue weighted by molar-refractivity contribution is 5.73. The summed E-state index contributed by atoms with van der Waals surface area (Å²) in [7, 11) is 0. The first-order valence-electron chi connectivity index (χ1n) is 9.82. The molecule has 1 atom stereocenters. The van der Waals surface area contributed by atoms with E-state index in [-0.39, 0.29) is 0 Å². The first kappa shape index (κ1) is 21.6. The first-order valence-corrected chi connectivity index (χ1v) is 9.82. The third-order valence-electron chi connectivity index (χ3n) is 4.50. The second-order valence-corrected chi connectivity index (χ2v) is 6.66. The summed E-state index contributed by atoms with van der Waals surface area (Å²) in [5.74, 6) is 0. The van der Waals surface area contributed by atoms with Crippen molar-refractivity contribution >= 4 is 12.4 Å². The van der Waals surface area contributed by atoms with Crippen LogP contribution < -0.4 is 5.32 Å². The van der Waals surface area contributed by atoms with Crippen molar-refractivity contribution in [3.8, 4) is 0 Å². The summed E-state index contributed by atoms with van der Waals surface area (Å²) in [6, 6.07) is 18.4. The number of hydrogen-bond acceptors (Lipinski definition) is 4. The SMILES string of the molecule is CCCCCCNC(=O)OC(C)OC(C=O)(c1ccccc1)c1ccccc1. The number of amides is 1. The van der Waals surface area contributed by atoms with Gasteiger partial charge in [0.25, 0.3) is 0 Å². The molecule has 150 valence electrons. The standard InChI is InChI=1S/C23H29NO4/c1-3-4-5-12-17-24-22(26)27-19(2)28-23(18-25,20-13-8-6-9-14-20)21-15-10-7-11-16-21/h6-11,13-16,18-19H,3-5,12,17H2,1-2H3,(H,24,26). The zero-order chi connectivity index (χ0) is 20.2. The minimum Gasteiger partial charge on any atom is -0.420 e. The fourth-order valence-electron chi connectivity index (χ4n) is 3.06. The molecule has 0 heterocycles. The van der Waals surface area contributed by atoms with Gasteiger partial charge in [0.15, 0.2) is 11.9 Å². The van der Waals surface area contributed by atoms with E-state index in [2.05, 4.69) is 12.2 Å². The van der Waals surface area contributed by atoms with Crippen molar-refractivity contribution in [2.75, 3.05) is 6.54 Å². The highest BCUT2D eigenvalue weighted by atomic mass is 16.7. The maximum Gasteiger partial charge on any atom is 0.409 e. The molecular formula is C23H29NO4. The number of unbranched alkanes of at least 4 members (excludes halogenated alkanes) is 3. The average molecular weight is 383 g/mol. The number of benzene rings is 2. The third kappa shape index (κ3) is 5.92. The van der Waals surface area contributed by atoms with Crippen molar-refractivity contribution < 1.29 is 19.1 Å². The molecule has 0 aliphatic rings. The summed E-state index contributed by atoms with van der Waals surface area (Å²) in [6.07, 6.45) is 3.55. The van der Waals surface area contributed by atoms with Gasteiger partial charge in [0.05, 0.1) is 0 Å². The van der Waals surface area contributed by atoms with Crippen molar-refractivity contribution in [2.45, 2.75) is 51.4 Å². The maximum atomic E-state index is 12.2. The molecule has 5 nitrogen and oxygen atoms in total. The van der Waals surface area contributed by atoms with E-state index in [0.29, 0.717) is 17.7 Å². The van der Waals surface area contributed by atoms with Gasteiger partial charge in [-0.3, -0.25) is 4.79 Å². The Morgan fingerprint density at radius 3 is 2.07 bits per heavy atom. The van der Waals surface area contributed by atoms with Crippen LogP contribution in [-0.2, 0) is 19.9 Å². The lowest BCUT2D eigenvalue weighted by atomic mass is 9.87. The van der Waals surface area contributed by atoms with Gasteiger partial charge < -0.3 is 14.8 Å². The molecule has 1 N–H and O–H groups in total. The van der Waals surface area contributed by atoms with Gasteiger partial charge in [0.1, 0.15) is 0 Å². The summed E-state index contributed by atoms with van der Waals surface area (Å²) >= 11 is 0. The Morgan fingerprint density at radius 1 is 1.00 bits per heavy atom. The molecular weight excluding hydrogens is 354 g/mol. The van der Waals surface area contributed by atoms with E-state index in [1.807, 2.05) is 60.7 Å². The van der Waals surface area contributed by atoms with Crippen LogP contribution in [0.15, 0.2) is 60.7 Å². The Kier molecular flexibility index (Phi) is 8.69. The monoisotopic (exact) mass is 383 g/mol. The van der Waals surface area contributed by atoms with Gasteiger partial charge in [0, 0.05) is 6.54 Å². The van der Waals surface area contributed by atoms with Crippen LogP contribution in [0.25, 0.3) is 0 Å². The first-order chi connectivity index (χ1) is 13.6.